The summed E-state index contributed by atoms with van der Waals surface area (Å²) in [6, 6.07) is 7.99. The lowest BCUT2D eigenvalue weighted by atomic mass is 10.2. The fraction of sp³-hybridized carbons (Fsp3) is 0.278. The Labute approximate surface area is 165 Å². The number of carbonyl (C=O) groups excluding carboxylic acids is 1. The van der Waals surface area contributed by atoms with Gasteiger partial charge >= 0.3 is 6.09 Å². The molecule has 26 heavy (non-hydrogen) atoms. The van der Waals surface area contributed by atoms with Crippen LogP contribution in [-0.2, 0) is 4.74 Å². The van der Waals surface area contributed by atoms with E-state index in [0.717, 1.165) is 20.3 Å². The number of nitrogens with one attached hydrogen (secondary N) is 2. The number of carbonyl (C=O) groups is 1. The number of halogens is 1. The molecule has 0 unspecified atom stereocenters. The van der Waals surface area contributed by atoms with E-state index in [1.807, 2.05) is 62.8 Å². The number of aromatic nitrogens is 3. The van der Waals surface area contributed by atoms with Gasteiger partial charge in [-0.2, -0.15) is 0 Å². The Bertz CT molecular complexity index is 962. The van der Waals surface area contributed by atoms with Crippen molar-refractivity contribution in [3.63, 3.8) is 0 Å². The molecule has 0 saturated heterocycles. The third-order valence-electron chi connectivity index (χ3n) is 3.57. The van der Waals surface area contributed by atoms with Crippen molar-refractivity contribution in [2.24, 2.45) is 0 Å². The van der Waals surface area contributed by atoms with E-state index in [1.54, 1.807) is 0 Å². The van der Waals surface area contributed by atoms with Crippen molar-refractivity contribution in [2.45, 2.75) is 26.4 Å². The maximum absolute atomic E-state index is 12.1. The predicted octanol–water partition coefficient (Wildman–Crippen LogP) is 4.41. The Morgan fingerprint density at radius 3 is 2.73 bits per heavy atom. The lowest BCUT2D eigenvalue weighted by Crippen LogP contribution is -2.27. The zero-order valence-electron chi connectivity index (χ0n) is 15.0. The summed E-state index contributed by atoms with van der Waals surface area (Å²) in [6.07, 6.45) is 2.86. The van der Waals surface area contributed by atoms with E-state index in [1.165, 1.54) is 6.33 Å². The van der Waals surface area contributed by atoms with Crippen LogP contribution < -0.4 is 10.6 Å². The van der Waals surface area contributed by atoms with Crippen LogP contribution in [0.2, 0.25) is 0 Å². The van der Waals surface area contributed by atoms with Gasteiger partial charge in [0.05, 0.1) is 5.39 Å². The molecule has 3 aromatic rings. The minimum Gasteiger partial charge on any atom is -0.444 e. The van der Waals surface area contributed by atoms with Gasteiger partial charge in [-0.25, -0.2) is 14.8 Å². The highest BCUT2D eigenvalue weighted by atomic mass is 127. The first kappa shape index (κ1) is 18.4. The van der Waals surface area contributed by atoms with Crippen molar-refractivity contribution in [1.82, 2.24) is 14.5 Å². The van der Waals surface area contributed by atoms with Crippen LogP contribution in [0.15, 0.2) is 36.8 Å². The van der Waals surface area contributed by atoms with Gasteiger partial charge in [0, 0.05) is 28.2 Å². The van der Waals surface area contributed by atoms with Gasteiger partial charge in [-0.3, -0.25) is 9.88 Å². The summed E-state index contributed by atoms with van der Waals surface area (Å²) in [6.45, 7) is 5.45. The Morgan fingerprint density at radius 2 is 2.04 bits per heavy atom. The number of hydrogen-bond acceptors (Lipinski definition) is 5. The minimum absolute atomic E-state index is 0.428. The molecule has 0 fully saturated rings. The van der Waals surface area contributed by atoms with Gasteiger partial charge < -0.3 is 10.1 Å². The number of amides is 1. The maximum atomic E-state index is 12.1. The average Bonchev–Trinajstić information content (AvgIpc) is 2.91. The summed E-state index contributed by atoms with van der Waals surface area (Å²) in [5.41, 5.74) is 2.10. The lowest BCUT2D eigenvalue weighted by molar-refractivity contribution is 0.0635. The molecule has 0 aliphatic carbocycles. The number of ether oxygens (including phenoxy) is 1. The standard InChI is InChI=1S/C18H20IN5O2/c1-18(2,3)26-17(25)23-15-14-13(19)9-24(16(14)22-10-21-15)12-7-5-6-11(8-12)20-4/h5-10,20H,1-4H3,(H,21,22,23,25). The topological polar surface area (TPSA) is 81.1 Å². The molecular formula is C18H20IN5O2. The summed E-state index contributed by atoms with van der Waals surface area (Å²) in [5, 5.41) is 6.63. The summed E-state index contributed by atoms with van der Waals surface area (Å²) >= 11 is 2.22. The number of nitrogens with zero attached hydrogens (tertiary/aromatic N) is 3. The van der Waals surface area contributed by atoms with E-state index in [0.29, 0.717) is 11.5 Å². The Kier molecular flexibility index (Phi) is 5.03. The Morgan fingerprint density at radius 1 is 1.27 bits per heavy atom. The van der Waals surface area contributed by atoms with Crippen LogP contribution in [0.1, 0.15) is 20.8 Å². The summed E-state index contributed by atoms with van der Waals surface area (Å²) in [4.78, 5) is 20.8. The van der Waals surface area contributed by atoms with E-state index in [4.69, 9.17) is 4.74 Å². The van der Waals surface area contributed by atoms with Crippen LogP contribution in [0.5, 0.6) is 0 Å². The Hall–Kier alpha value is -2.36. The molecule has 3 rings (SSSR count). The van der Waals surface area contributed by atoms with Gasteiger partial charge in [0.2, 0.25) is 0 Å². The van der Waals surface area contributed by atoms with Gasteiger partial charge in [0.1, 0.15) is 17.7 Å². The smallest absolute Gasteiger partial charge is 0.413 e. The van der Waals surface area contributed by atoms with Crippen LogP contribution in [-0.4, -0.2) is 33.3 Å². The zero-order chi connectivity index (χ0) is 18.9. The number of rotatable bonds is 3. The van der Waals surface area contributed by atoms with Crippen LogP contribution in [0, 0.1) is 3.57 Å². The molecule has 1 amide bonds. The first-order valence-corrected chi connectivity index (χ1v) is 9.16. The normalized spacial score (nSPS) is 11.4. The van der Waals surface area contributed by atoms with Crippen molar-refractivity contribution in [2.75, 3.05) is 17.7 Å². The third-order valence-corrected chi connectivity index (χ3v) is 4.39. The maximum Gasteiger partial charge on any atom is 0.413 e. The fourth-order valence-electron chi connectivity index (χ4n) is 2.52. The molecule has 2 heterocycles. The second kappa shape index (κ2) is 7.10. The number of hydrogen-bond donors (Lipinski definition) is 2. The molecule has 0 aliphatic rings. The quantitative estimate of drug-likeness (QED) is 0.560. The Balaban J connectivity index is 2.04. The zero-order valence-corrected chi connectivity index (χ0v) is 17.2. The largest absolute Gasteiger partial charge is 0.444 e. The van der Waals surface area contributed by atoms with E-state index in [2.05, 4.69) is 43.2 Å². The molecular weight excluding hydrogens is 445 g/mol. The monoisotopic (exact) mass is 465 g/mol. The molecule has 7 nitrogen and oxygen atoms in total. The first-order valence-electron chi connectivity index (χ1n) is 8.08. The van der Waals surface area contributed by atoms with E-state index in [9.17, 15) is 4.79 Å². The van der Waals surface area contributed by atoms with E-state index < -0.39 is 11.7 Å². The molecule has 8 heteroatoms. The van der Waals surface area contributed by atoms with Crippen molar-refractivity contribution in [3.8, 4) is 5.69 Å². The molecule has 2 N–H and O–H groups in total. The van der Waals surface area contributed by atoms with Gasteiger partial charge in [0.25, 0.3) is 0 Å². The summed E-state index contributed by atoms with van der Waals surface area (Å²) in [7, 11) is 1.88. The van der Waals surface area contributed by atoms with Gasteiger partial charge in [-0.1, -0.05) is 6.07 Å². The predicted molar refractivity (Wildman–Crippen MR) is 111 cm³/mol. The number of benzene rings is 1. The molecule has 0 bridgehead atoms. The number of anilines is 2. The van der Waals surface area contributed by atoms with E-state index >= 15 is 0 Å². The van der Waals surface area contributed by atoms with Gasteiger partial charge in [-0.15, -0.1) is 0 Å². The van der Waals surface area contributed by atoms with Crippen LogP contribution in [0.4, 0.5) is 16.3 Å². The number of fused-ring (bicyclic) bond motifs is 1. The molecule has 136 valence electrons. The third kappa shape index (κ3) is 3.90. The summed E-state index contributed by atoms with van der Waals surface area (Å²) < 4.78 is 8.23. The summed E-state index contributed by atoms with van der Waals surface area (Å²) in [5.74, 6) is 0.428. The second-order valence-electron chi connectivity index (χ2n) is 6.70. The van der Waals surface area contributed by atoms with Gasteiger partial charge in [0.15, 0.2) is 5.65 Å². The van der Waals surface area contributed by atoms with Crippen molar-refractivity contribution >= 4 is 51.2 Å². The molecule has 1 aromatic carbocycles. The van der Waals surface area contributed by atoms with Crippen molar-refractivity contribution in [1.29, 1.82) is 0 Å². The van der Waals surface area contributed by atoms with E-state index in [-0.39, 0.29) is 0 Å². The van der Waals surface area contributed by atoms with Crippen LogP contribution in [0.3, 0.4) is 0 Å². The molecule has 0 aliphatic heterocycles. The van der Waals surface area contributed by atoms with Crippen molar-refractivity contribution < 1.29 is 9.53 Å². The molecule has 2 aromatic heterocycles. The highest BCUT2D eigenvalue weighted by Gasteiger charge is 2.20. The van der Waals surface area contributed by atoms with Gasteiger partial charge in [-0.05, 0) is 61.6 Å². The second-order valence-corrected chi connectivity index (χ2v) is 7.86. The molecule has 0 atom stereocenters. The first-order chi connectivity index (χ1) is 12.3. The molecule has 0 radical (unpaired) electrons. The fourth-order valence-corrected chi connectivity index (χ4v) is 3.30. The molecule has 0 spiro atoms. The SMILES string of the molecule is CNc1cccc(-n2cc(I)c3c(NC(=O)OC(C)(C)C)ncnc32)c1. The molecule has 0 saturated carbocycles. The van der Waals surface area contributed by atoms with Crippen LogP contribution in [0.25, 0.3) is 16.7 Å². The van der Waals surface area contributed by atoms with Crippen molar-refractivity contribution in [3.05, 3.63) is 40.4 Å². The lowest BCUT2D eigenvalue weighted by Gasteiger charge is -2.19. The minimum atomic E-state index is -0.580. The highest BCUT2D eigenvalue weighted by molar-refractivity contribution is 14.1. The van der Waals surface area contributed by atoms with Crippen LogP contribution >= 0.6 is 22.6 Å². The highest BCUT2D eigenvalue weighted by Crippen LogP contribution is 2.30. The average molecular weight is 465 g/mol.